The van der Waals surface area contributed by atoms with Gasteiger partial charge in [0.1, 0.15) is 61.0 Å². The molecule has 0 radical (unpaired) electrons. The zero-order chi connectivity index (χ0) is 23.9. The number of aliphatic hydroxyl groups is 9. The Morgan fingerprint density at radius 1 is 0.562 bits per heavy atom. The zero-order valence-corrected chi connectivity index (χ0v) is 17.4. The van der Waals surface area contributed by atoms with Crippen LogP contribution >= 0.6 is 0 Å². The van der Waals surface area contributed by atoms with E-state index < -0.39 is 98.7 Å². The fourth-order valence-electron chi connectivity index (χ4n) is 3.92. The molecule has 0 spiro atoms. The van der Waals surface area contributed by atoms with Crippen LogP contribution in [-0.2, 0) is 23.7 Å². The third kappa shape index (κ3) is 4.94. The summed E-state index contributed by atoms with van der Waals surface area (Å²) >= 11 is 0. The van der Waals surface area contributed by atoms with E-state index in [0.29, 0.717) is 0 Å². The van der Waals surface area contributed by atoms with Crippen LogP contribution in [-0.4, -0.2) is 145 Å². The van der Waals surface area contributed by atoms with Crippen molar-refractivity contribution < 1.29 is 69.6 Å². The van der Waals surface area contributed by atoms with Crippen LogP contribution in [0.5, 0.6) is 0 Å². The number of rotatable bonds is 5. The van der Waals surface area contributed by atoms with Crippen LogP contribution in [0, 0.1) is 0 Å². The molecule has 32 heavy (non-hydrogen) atoms. The summed E-state index contributed by atoms with van der Waals surface area (Å²) in [6.07, 6.45) is -22.6. The largest absolute Gasteiger partial charge is 0.394 e. The number of ether oxygens (including phenoxy) is 5. The molecule has 14 heteroatoms. The molecule has 15 atom stereocenters. The Balaban J connectivity index is 1.79. The smallest absolute Gasteiger partial charge is 0.187 e. The molecule has 0 aromatic rings. The molecule has 1 unspecified atom stereocenters. The average molecular weight is 472 g/mol. The Hall–Kier alpha value is -0.560. The topological polar surface area (TPSA) is 228 Å². The molecular formula is C18H32O14. The van der Waals surface area contributed by atoms with E-state index in [4.69, 9.17) is 23.7 Å². The van der Waals surface area contributed by atoms with Crippen molar-refractivity contribution in [2.75, 3.05) is 6.61 Å². The standard InChI is InChI=1S/C18H32O14/c1-4-7(20)10(23)12(25)17(29-4)32-15-14(8(21)5(2)28-16(15)27)31-18-13(26)11(24)9(22)6(3-19)30-18/h4-27H,3H2,1-2H3/t4-,5-,6+,7+,8-,9+,10+,11-,12-,13+,14+,15+,16?,17+,18-/m0/s1. The molecule has 3 rings (SSSR count). The SMILES string of the molecule is C[C@@H]1OC(O)[C@H](O[C@H]2O[C@@H](C)[C@@H](O)[C@@H](O)[C@@H]2O)[C@H](O[C@@H]2O[C@H](CO)[C@@H](O)[C@H](O)[C@H]2O)[C@H]1O. The van der Waals surface area contributed by atoms with E-state index in [1.807, 2.05) is 0 Å². The molecule has 3 heterocycles. The van der Waals surface area contributed by atoms with E-state index in [2.05, 4.69) is 0 Å². The van der Waals surface area contributed by atoms with Gasteiger partial charge < -0.3 is 69.6 Å². The quantitative estimate of drug-likeness (QED) is 0.182. The summed E-state index contributed by atoms with van der Waals surface area (Å²) in [5.41, 5.74) is 0. The second kappa shape index (κ2) is 10.4. The van der Waals surface area contributed by atoms with Crippen molar-refractivity contribution in [3.8, 4) is 0 Å². The van der Waals surface area contributed by atoms with Crippen molar-refractivity contribution >= 4 is 0 Å². The van der Waals surface area contributed by atoms with Gasteiger partial charge in [0, 0.05) is 0 Å². The maximum Gasteiger partial charge on any atom is 0.187 e. The van der Waals surface area contributed by atoms with Gasteiger partial charge in [0.25, 0.3) is 0 Å². The third-order valence-corrected chi connectivity index (χ3v) is 6.02. The Kier molecular flexibility index (Phi) is 8.44. The summed E-state index contributed by atoms with van der Waals surface area (Å²) in [5.74, 6) is 0. The summed E-state index contributed by atoms with van der Waals surface area (Å²) in [5, 5.41) is 90.5. The molecule has 0 bridgehead atoms. The van der Waals surface area contributed by atoms with Gasteiger partial charge in [0.05, 0.1) is 18.8 Å². The second-order valence-corrected chi connectivity index (χ2v) is 8.30. The Bertz CT molecular complexity index is 608. The predicted molar refractivity (Wildman–Crippen MR) is 98.4 cm³/mol. The molecule has 188 valence electrons. The van der Waals surface area contributed by atoms with Crippen LogP contribution in [0.3, 0.4) is 0 Å². The van der Waals surface area contributed by atoms with Crippen LogP contribution in [0.2, 0.25) is 0 Å². The van der Waals surface area contributed by atoms with Crippen molar-refractivity contribution in [3.05, 3.63) is 0 Å². The second-order valence-electron chi connectivity index (χ2n) is 8.30. The normalized spacial score (nSPS) is 55.0. The van der Waals surface area contributed by atoms with E-state index in [-0.39, 0.29) is 0 Å². The molecule has 0 aromatic carbocycles. The van der Waals surface area contributed by atoms with E-state index in [0.717, 1.165) is 0 Å². The van der Waals surface area contributed by atoms with Crippen molar-refractivity contribution in [1.29, 1.82) is 0 Å². The molecule has 0 aromatic heterocycles. The highest BCUT2D eigenvalue weighted by Crippen LogP contribution is 2.32. The summed E-state index contributed by atoms with van der Waals surface area (Å²) in [6, 6.07) is 0. The van der Waals surface area contributed by atoms with E-state index >= 15 is 0 Å². The van der Waals surface area contributed by atoms with Crippen LogP contribution in [0.1, 0.15) is 13.8 Å². The minimum atomic E-state index is -1.79. The van der Waals surface area contributed by atoms with Crippen molar-refractivity contribution in [1.82, 2.24) is 0 Å². The predicted octanol–water partition coefficient (Wildman–Crippen LogP) is -5.52. The molecule has 9 N–H and O–H groups in total. The maximum absolute atomic E-state index is 10.6. The van der Waals surface area contributed by atoms with Crippen LogP contribution in [0.4, 0.5) is 0 Å². The van der Waals surface area contributed by atoms with Gasteiger partial charge in [-0.15, -0.1) is 0 Å². The van der Waals surface area contributed by atoms with Crippen LogP contribution < -0.4 is 0 Å². The lowest BCUT2D eigenvalue weighted by atomic mass is 9.96. The van der Waals surface area contributed by atoms with Crippen molar-refractivity contribution in [3.63, 3.8) is 0 Å². The lowest BCUT2D eigenvalue weighted by molar-refractivity contribution is -0.384. The summed E-state index contributed by atoms with van der Waals surface area (Å²) in [4.78, 5) is 0. The molecule has 3 aliphatic heterocycles. The minimum absolute atomic E-state index is 0.708. The molecule has 0 amide bonds. The van der Waals surface area contributed by atoms with E-state index in [1.165, 1.54) is 13.8 Å². The third-order valence-electron chi connectivity index (χ3n) is 6.02. The highest BCUT2D eigenvalue weighted by molar-refractivity contribution is 4.95. The fourth-order valence-corrected chi connectivity index (χ4v) is 3.92. The highest BCUT2D eigenvalue weighted by Gasteiger charge is 2.52. The molecule has 0 aliphatic carbocycles. The average Bonchev–Trinajstić information content (AvgIpc) is 2.76. The maximum atomic E-state index is 10.6. The van der Waals surface area contributed by atoms with Gasteiger partial charge in [-0.05, 0) is 13.8 Å². The van der Waals surface area contributed by atoms with Gasteiger partial charge in [-0.25, -0.2) is 0 Å². The fraction of sp³-hybridized carbons (Fsp3) is 1.00. The lowest BCUT2D eigenvalue weighted by Crippen LogP contribution is -2.66. The molecule has 14 nitrogen and oxygen atoms in total. The van der Waals surface area contributed by atoms with E-state index in [9.17, 15) is 46.0 Å². The first-order valence-corrected chi connectivity index (χ1v) is 10.3. The first-order chi connectivity index (χ1) is 15.0. The molecular weight excluding hydrogens is 440 g/mol. The van der Waals surface area contributed by atoms with Gasteiger partial charge in [-0.3, -0.25) is 0 Å². The van der Waals surface area contributed by atoms with Crippen LogP contribution in [0.15, 0.2) is 0 Å². The van der Waals surface area contributed by atoms with Crippen molar-refractivity contribution in [2.24, 2.45) is 0 Å². The van der Waals surface area contributed by atoms with Crippen molar-refractivity contribution in [2.45, 2.75) is 106 Å². The van der Waals surface area contributed by atoms with E-state index in [1.54, 1.807) is 0 Å². The molecule has 3 aliphatic rings. The van der Waals surface area contributed by atoms with Gasteiger partial charge in [-0.1, -0.05) is 0 Å². The van der Waals surface area contributed by atoms with Crippen LogP contribution in [0.25, 0.3) is 0 Å². The zero-order valence-electron chi connectivity index (χ0n) is 17.4. The molecule has 3 saturated heterocycles. The Morgan fingerprint density at radius 3 is 1.66 bits per heavy atom. The highest BCUT2D eigenvalue weighted by atomic mass is 16.8. The lowest BCUT2D eigenvalue weighted by Gasteiger charge is -2.47. The first kappa shape index (κ1) is 26.1. The van der Waals surface area contributed by atoms with Gasteiger partial charge in [0.2, 0.25) is 0 Å². The summed E-state index contributed by atoms with van der Waals surface area (Å²) in [7, 11) is 0. The number of aliphatic hydroxyl groups excluding tert-OH is 9. The van der Waals surface area contributed by atoms with Gasteiger partial charge in [-0.2, -0.15) is 0 Å². The summed E-state index contributed by atoms with van der Waals surface area (Å²) < 4.78 is 27.0. The minimum Gasteiger partial charge on any atom is -0.394 e. The first-order valence-electron chi connectivity index (χ1n) is 10.3. The Morgan fingerprint density at radius 2 is 1.06 bits per heavy atom. The summed E-state index contributed by atoms with van der Waals surface area (Å²) in [6.45, 7) is 2.13. The Labute approximate surface area is 183 Å². The molecule has 3 fully saturated rings. The van der Waals surface area contributed by atoms with Gasteiger partial charge >= 0.3 is 0 Å². The monoisotopic (exact) mass is 472 g/mol. The van der Waals surface area contributed by atoms with Gasteiger partial charge in [0.15, 0.2) is 18.9 Å². The molecule has 0 saturated carbocycles. The number of hydrogen-bond acceptors (Lipinski definition) is 14. The number of hydrogen-bond donors (Lipinski definition) is 9.